The predicted molar refractivity (Wildman–Crippen MR) is 75.0 cm³/mol. The Labute approximate surface area is 113 Å². The van der Waals surface area contributed by atoms with Crippen LogP contribution < -0.4 is 5.32 Å². The number of aryl methyl sites for hydroxylation is 1. The molecule has 4 nitrogen and oxygen atoms in total. The molecule has 1 aromatic carbocycles. The summed E-state index contributed by atoms with van der Waals surface area (Å²) in [6.45, 7) is 5.53. The van der Waals surface area contributed by atoms with E-state index >= 15 is 0 Å². The zero-order valence-corrected chi connectivity index (χ0v) is 11.5. The van der Waals surface area contributed by atoms with Crippen molar-refractivity contribution in [2.24, 2.45) is 0 Å². The van der Waals surface area contributed by atoms with Crippen LogP contribution in [0.15, 0.2) is 18.2 Å². The summed E-state index contributed by atoms with van der Waals surface area (Å²) < 4.78 is 5.03. The van der Waals surface area contributed by atoms with Crippen molar-refractivity contribution < 1.29 is 14.6 Å². The minimum atomic E-state index is -0.474. The zero-order valence-electron chi connectivity index (χ0n) is 11.5. The number of hydrogen-bond donors (Lipinski definition) is 2. The molecule has 102 valence electrons. The molecule has 0 atom stereocenters. The lowest BCUT2D eigenvalue weighted by molar-refractivity contribution is 0.130. The van der Waals surface area contributed by atoms with Crippen LogP contribution in [0.1, 0.15) is 31.4 Å². The number of ether oxygens (including phenoxy) is 1. The number of nitrogens with one attached hydrogen (secondary N) is 1. The van der Waals surface area contributed by atoms with Crippen LogP contribution in [-0.2, 0) is 4.74 Å². The van der Waals surface area contributed by atoms with E-state index in [9.17, 15) is 4.79 Å². The minimum absolute atomic E-state index is 0.0463. The quantitative estimate of drug-likeness (QED) is 0.822. The maximum Gasteiger partial charge on any atom is 0.411 e. The van der Waals surface area contributed by atoms with Crippen molar-refractivity contribution in [3.05, 3.63) is 29.3 Å². The standard InChI is InChI=1S/C15H19NO3/c1-11(2)19-15(18)16-14-10-13(6-4-5-9-17)8-7-12(14)3/h7-8,10-11,17H,5,9H2,1-3H3,(H,16,18). The fourth-order valence-corrected chi connectivity index (χ4v) is 1.41. The molecule has 0 saturated carbocycles. The highest BCUT2D eigenvalue weighted by Crippen LogP contribution is 2.17. The van der Waals surface area contributed by atoms with Crippen molar-refractivity contribution in [1.82, 2.24) is 0 Å². The Morgan fingerprint density at radius 2 is 2.21 bits per heavy atom. The molecule has 2 N–H and O–H groups in total. The Morgan fingerprint density at radius 1 is 1.47 bits per heavy atom. The van der Waals surface area contributed by atoms with Crippen LogP contribution >= 0.6 is 0 Å². The summed E-state index contributed by atoms with van der Waals surface area (Å²) in [5.41, 5.74) is 2.41. The van der Waals surface area contributed by atoms with Crippen LogP contribution in [0, 0.1) is 18.8 Å². The second-order valence-electron chi connectivity index (χ2n) is 4.38. The van der Waals surface area contributed by atoms with Crippen molar-refractivity contribution in [1.29, 1.82) is 0 Å². The fraction of sp³-hybridized carbons (Fsp3) is 0.400. The lowest BCUT2D eigenvalue weighted by Crippen LogP contribution is -2.18. The largest absolute Gasteiger partial charge is 0.447 e. The third-order valence-corrected chi connectivity index (χ3v) is 2.29. The molecule has 0 aliphatic rings. The Morgan fingerprint density at radius 3 is 2.84 bits per heavy atom. The average Bonchev–Trinajstić information content (AvgIpc) is 2.32. The van der Waals surface area contributed by atoms with Crippen molar-refractivity contribution in [2.45, 2.75) is 33.3 Å². The first-order valence-electron chi connectivity index (χ1n) is 6.21. The second kappa shape index (κ2) is 7.45. The van der Waals surface area contributed by atoms with E-state index in [0.29, 0.717) is 12.1 Å². The van der Waals surface area contributed by atoms with Crippen LogP contribution in [0.5, 0.6) is 0 Å². The molecule has 0 fully saturated rings. The SMILES string of the molecule is Cc1ccc(C#CCCO)cc1NC(=O)OC(C)C. The van der Waals surface area contributed by atoms with Gasteiger partial charge in [0.05, 0.1) is 12.7 Å². The minimum Gasteiger partial charge on any atom is -0.447 e. The van der Waals surface area contributed by atoms with Crippen molar-refractivity contribution in [3.63, 3.8) is 0 Å². The topological polar surface area (TPSA) is 58.6 Å². The molecule has 4 heteroatoms. The highest BCUT2D eigenvalue weighted by atomic mass is 16.6. The molecule has 0 aliphatic heterocycles. The number of hydrogen-bond acceptors (Lipinski definition) is 3. The van der Waals surface area contributed by atoms with E-state index < -0.39 is 6.09 Å². The van der Waals surface area contributed by atoms with Gasteiger partial charge in [0.25, 0.3) is 0 Å². The first-order valence-corrected chi connectivity index (χ1v) is 6.21. The van der Waals surface area contributed by atoms with Gasteiger partial charge in [-0.2, -0.15) is 0 Å². The number of aliphatic hydroxyl groups excluding tert-OH is 1. The van der Waals surface area contributed by atoms with E-state index in [1.807, 2.05) is 19.1 Å². The van der Waals surface area contributed by atoms with Gasteiger partial charge in [-0.25, -0.2) is 4.79 Å². The predicted octanol–water partition coefficient (Wildman–Crippen LogP) is 2.69. The maximum absolute atomic E-state index is 11.5. The molecule has 0 radical (unpaired) electrons. The van der Waals surface area contributed by atoms with E-state index in [1.165, 1.54) is 0 Å². The molecule has 0 aromatic heterocycles. The van der Waals surface area contributed by atoms with Gasteiger partial charge in [0, 0.05) is 17.7 Å². The molecule has 1 rings (SSSR count). The molecular formula is C15H19NO3. The Kier molecular flexibility index (Phi) is 5.91. The average molecular weight is 261 g/mol. The zero-order chi connectivity index (χ0) is 14.3. The van der Waals surface area contributed by atoms with E-state index in [-0.39, 0.29) is 12.7 Å². The molecule has 1 amide bonds. The maximum atomic E-state index is 11.5. The van der Waals surface area contributed by atoms with Gasteiger partial charge in [-0.3, -0.25) is 5.32 Å². The summed E-state index contributed by atoms with van der Waals surface area (Å²) in [4.78, 5) is 11.5. The summed E-state index contributed by atoms with van der Waals surface area (Å²) in [5.74, 6) is 5.76. The lowest BCUT2D eigenvalue weighted by atomic mass is 10.1. The summed E-state index contributed by atoms with van der Waals surface area (Å²) in [6, 6.07) is 5.55. The summed E-state index contributed by atoms with van der Waals surface area (Å²) in [7, 11) is 0. The highest BCUT2D eigenvalue weighted by molar-refractivity contribution is 5.86. The van der Waals surface area contributed by atoms with Crippen LogP contribution in [0.3, 0.4) is 0 Å². The molecule has 1 aromatic rings. The monoisotopic (exact) mass is 261 g/mol. The van der Waals surface area contributed by atoms with Crippen LogP contribution in [-0.4, -0.2) is 23.9 Å². The highest BCUT2D eigenvalue weighted by Gasteiger charge is 2.07. The second-order valence-corrected chi connectivity index (χ2v) is 4.38. The van der Waals surface area contributed by atoms with Gasteiger partial charge in [0.15, 0.2) is 0 Å². The molecule has 0 spiro atoms. The third-order valence-electron chi connectivity index (χ3n) is 2.29. The normalized spacial score (nSPS) is 9.74. The summed E-state index contributed by atoms with van der Waals surface area (Å²) in [5, 5.41) is 11.4. The number of amides is 1. The van der Waals surface area contributed by atoms with E-state index in [2.05, 4.69) is 17.2 Å². The molecular weight excluding hydrogens is 242 g/mol. The van der Waals surface area contributed by atoms with Gasteiger partial charge in [-0.05, 0) is 38.5 Å². The molecule has 0 unspecified atom stereocenters. The van der Waals surface area contributed by atoms with E-state index in [0.717, 1.165) is 11.1 Å². The molecule has 19 heavy (non-hydrogen) atoms. The smallest absolute Gasteiger partial charge is 0.411 e. The number of rotatable bonds is 3. The number of aliphatic hydroxyl groups is 1. The molecule has 0 saturated heterocycles. The van der Waals surface area contributed by atoms with Gasteiger partial charge in [-0.15, -0.1) is 0 Å². The fourth-order valence-electron chi connectivity index (χ4n) is 1.41. The first-order chi connectivity index (χ1) is 9.02. The summed E-state index contributed by atoms with van der Waals surface area (Å²) >= 11 is 0. The molecule has 0 aliphatic carbocycles. The van der Waals surface area contributed by atoms with Gasteiger partial charge in [0.2, 0.25) is 0 Å². The summed E-state index contributed by atoms with van der Waals surface area (Å²) in [6.07, 6.45) is -0.196. The third kappa shape index (κ3) is 5.45. The van der Waals surface area contributed by atoms with Crippen molar-refractivity contribution in [3.8, 4) is 11.8 Å². The van der Waals surface area contributed by atoms with Crippen LogP contribution in [0.4, 0.5) is 10.5 Å². The van der Waals surface area contributed by atoms with Crippen molar-refractivity contribution >= 4 is 11.8 Å². The Hall–Kier alpha value is -1.99. The first kappa shape index (κ1) is 15.1. The Bertz CT molecular complexity index is 498. The van der Waals surface area contributed by atoms with Gasteiger partial charge >= 0.3 is 6.09 Å². The van der Waals surface area contributed by atoms with Gasteiger partial charge in [-0.1, -0.05) is 17.9 Å². The number of anilines is 1. The van der Waals surface area contributed by atoms with E-state index in [4.69, 9.17) is 9.84 Å². The molecule has 0 bridgehead atoms. The Balaban J connectivity index is 2.80. The van der Waals surface area contributed by atoms with Crippen molar-refractivity contribution in [2.75, 3.05) is 11.9 Å². The van der Waals surface area contributed by atoms with E-state index in [1.54, 1.807) is 19.9 Å². The number of carbonyl (C=O) groups excluding carboxylic acids is 1. The van der Waals surface area contributed by atoms with Crippen LogP contribution in [0.2, 0.25) is 0 Å². The lowest BCUT2D eigenvalue weighted by Gasteiger charge is -2.11. The number of carbonyl (C=O) groups is 1. The van der Waals surface area contributed by atoms with Crippen LogP contribution in [0.25, 0.3) is 0 Å². The molecule has 0 heterocycles. The van der Waals surface area contributed by atoms with Gasteiger partial charge in [0.1, 0.15) is 0 Å². The van der Waals surface area contributed by atoms with Gasteiger partial charge < -0.3 is 9.84 Å². The number of benzene rings is 1.